The Morgan fingerprint density at radius 1 is 1.33 bits per heavy atom. The zero-order chi connectivity index (χ0) is 16.9. The zero-order valence-corrected chi connectivity index (χ0v) is 13.6. The van der Waals surface area contributed by atoms with Crippen molar-refractivity contribution in [1.29, 1.82) is 0 Å². The molecule has 1 amide bonds. The first-order valence-electron chi connectivity index (χ1n) is 7.88. The summed E-state index contributed by atoms with van der Waals surface area (Å²) in [5.41, 5.74) is 5.84. The lowest BCUT2D eigenvalue weighted by molar-refractivity contribution is 0.0117. The van der Waals surface area contributed by atoms with E-state index in [1.165, 1.54) is 12.4 Å². The highest BCUT2D eigenvalue weighted by atomic mass is 16.5. The Morgan fingerprint density at radius 3 is 2.75 bits per heavy atom. The van der Waals surface area contributed by atoms with Crippen molar-refractivity contribution in [2.75, 3.05) is 38.6 Å². The summed E-state index contributed by atoms with van der Waals surface area (Å²) in [7, 11) is 0. The number of aromatic nitrogens is 2. The molecule has 1 atom stereocenters. The van der Waals surface area contributed by atoms with Crippen LogP contribution in [0.4, 0.5) is 5.82 Å². The van der Waals surface area contributed by atoms with E-state index in [-0.39, 0.29) is 23.5 Å². The highest BCUT2D eigenvalue weighted by molar-refractivity contribution is 5.96. The van der Waals surface area contributed by atoms with Gasteiger partial charge in [-0.15, -0.1) is 0 Å². The van der Waals surface area contributed by atoms with E-state index in [4.69, 9.17) is 14.9 Å². The molecule has 0 radical (unpaired) electrons. The van der Waals surface area contributed by atoms with Crippen LogP contribution in [0.1, 0.15) is 28.1 Å². The molecule has 3 heterocycles. The number of carbonyl (C=O) groups excluding carboxylic acids is 1. The highest BCUT2D eigenvalue weighted by Crippen LogP contribution is 2.23. The first-order valence-corrected chi connectivity index (χ1v) is 7.88. The van der Waals surface area contributed by atoms with E-state index in [1.807, 2.05) is 19.1 Å². The van der Waals surface area contributed by atoms with Gasteiger partial charge in [-0.1, -0.05) is 0 Å². The molecule has 1 saturated heterocycles. The second kappa shape index (κ2) is 7.41. The molecular weight excluding hydrogens is 310 g/mol. The minimum atomic E-state index is -0.345. The smallest absolute Gasteiger partial charge is 0.273 e. The lowest BCUT2D eigenvalue weighted by Gasteiger charge is -2.33. The lowest BCUT2D eigenvalue weighted by Crippen LogP contribution is -2.43. The number of nitrogens with two attached hydrogens (primary N) is 1. The number of hydrogen-bond donors (Lipinski definition) is 2. The first kappa shape index (κ1) is 16.4. The Labute approximate surface area is 140 Å². The van der Waals surface area contributed by atoms with Gasteiger partial charge in [-0.05, 0) is 19.1 Å². The molecule has 0 saturated carbocycles. The standard InChI is InChI=1S/C16H21N5O3/c1-11-2-3-13(24-11)12(21-6-8-23-9-7-21)10-20-16(22)14-15(17)19-5-4-18-14/h2-5,12H,6-10H2,1H3,(H2,17,19)(H,20,22). The summed E-state index contributed by atoms with van der Waals surface area (Å²) in [6.45, 7) is 5.20. The number of nitrogens with zero attached hydrogens (tertiary/aromatic N) is 3. The van der Waals surface area contributed by atoms with Crippen LogP contribution in [-0.4, -0.2) is 53.6 Å². The van der Waals surface area contributed by atoms with Crippen LogP contribution in [0.5, 0.6) is 0 Å². The summed E-state index contributed by atoms with van der Waals surface area (Å²) in [5.74, 6) is 1.43. The van der Waals surface area contributed by atoms with Gasteiger partial charge in [-0.25, -0.2) is 9.97 Å². The predicted molar refractivity (Wildman–Crippen MR) is 87.4 cm³/mol. The number of aryl methyl sites for hydroxylation is 1. The first-order chi connectivity index (χ1) is 11.6. The minimum absolute atomic E-state index is 0.0653. The average Bonchev–Trinajstić information content (AvgIpc) is 3.02. The molecule has 0 bridgehead atoms. The Kier molecular flexibility index (Phi) is 5.07. The van der Waals surface area contributed by atoms with Crippen molar-refractivity contribution < 1.29 is 13.9 Å². The molecular formula is C16H21N5O3. The van der Waals surface area contributed by atoms with Crippen LogP contribution >= 0.6 is 0 Å². The van der Waals surface area contributed by atoms with E-state index in [2.05, 4.69) is 20.2 Å². The van der Waals surface area contributed by atoms with Crippen LogP contribution in [0.2, 0.25) is 0 Å². The molecule has 1 unspecified atom stereocenters. The number of amides is 1. The van der Waals surface area contributed by atoms with E-state index < -0.39 is 0 Å². The van der Waals surface area contributed by atoms with Gasteiger partial charge in [0.25, 0.3) is 5.91 Å². The van der Waals surface area contributed by atoms with Crippen LogP contribution < -0.4 is 11.1 Å². The van der Waals surface area contributed by atoms with Gasteiger partial charge in [0.15, 0.2) is 11.5 Å². The van der Waals surface area contributed by atoms with Gasteiger partial charge in [0.1, 0.15) is 11.5 Å². The third-order valence-electron chi connectivity index (χ3n) is 3.97. The number of carbonyl (C=O) groups is 1. The summed E-state index contributed by atoms with van der Waals surface area (Å²) in [6.07, 6.45) is 2.90. The van der Waals surface area contributed by atoms with Crippen LogP contribution in [0, 0.1) is 6.92 Å². The Hall–Kier alpha value is -2.45. The van der Waals surface area contributed by atoms with Crippen molar-refractivity contribution in [1.82, 2.24) is 20.2 Å². The van der Waals surface area contributed by atoms with Crippen molar-refractivity contribution in [2.45, 2.75) is 13.0 Å². The fourth-order valence-electron chi connectivity index (χ4n) is 2.73. The van der Waals surface area contributed by atoms with Crippen LogP contribution in [0.3, 0.4) is 0 Å². The molecule has 1 aliphatic rings. The quantitative estimate of drug-likeness (QED) is 0.833. The monoisotopic (exact) mass is 331 g/mol. The number of furan rings is 1. The molecule has 1 aliphatic heterocycles. The normalized spacial score (nSPS) is 16.7. The number of nitrogen functional groups attached to an aromatic ring is 1. The number of morpholine rings is 1. The number of anilines is 1. The molecule has 2 aromatic heterocycles. The third kappa shape index (κ3) is 3.72. The van der Waals surface area contributed by atoms with Gasteiger partial charge < -0.3 is 20.2 Å². The maximum atomic E-state index is 12.3. The summed E-state index contributed by atoms with van der Waals surface area (Å²) in [4.78, 5) is 22.4. The molecule has 0 aliphatic carbocycles. The average molecular weight is 331 g/mol. The largest absolute Gasteiger partial charge is 0.465 e. The summed E-state index contributed by atoms with van der Waals surface area (Å²) in [6, 6.07) is 3.80. The number of rotatable bonds is 5. The molecule has 128 valence electrons. The molecule has 3 rings (SSSR count). The van der Waals surface area contributed by atoms with Gasteiger partial charge >= 0.3 is 0 Å². The maximum Gasteiger partial charge on any atom is 0.273 e. The van der Waals surface area contributed by atoms with Crippen molar-refractivity contribution in [3.63, 3.8) is 0 Å². The van der Waals surface area contributed by atoms with E-state index in [0.717, 1.165) is 24.6 Å². The van der Waals surface area contributed by atoms with E-state index >= 15 is 0 Å². The van der Waals surface area contributed by atoms with Crippen molar-refractivity contribution >= 4 is 11.7 Å². The number of ether oxygens (including phenoxy) is 1. The van der Waals surface area contributed by atoms with Crippen LogP contribution in [0.15, 0.2) is 28.9 Å². The molecule has 24 heavy (non-hydrogen) atoms. The second-order valence-corrected chi connectivity index (χ2v) is 5.61. The molecule has 8 heteroatoms. The molecule has 2 aromatic rings. The molecule has 1 fully saturated rings. The van der Waals surface area contributed by atoms with Crippen molar-refractivity contribution in [3.05, 3.63) is 41.7 Å². The Balaban J connectivity index is 1.72. The highest BCUT2D eigenvalue weighted by Gasteiger charge is 2.26. The SMILES string of the molecule is Cc1ccc(C(CNC(=O)c2nccnc2N)N2CCOCC2)o1. The van der Waals surface area contributed by atoms with Gasteiger partial charge in [0.05, 0.1) is 19.3 Å². The summed E-state index contributed by atoms with van der Waals surface area (Å²) < 4.78 is 11.2. The van der Waals surface area contributed by atoms with Gasteiger partial charge in [0, 0.05) is 32.0 Å². The molecule has 0 spiro atoms. The zero-order valence-electron chi connectivity index (χ0n) is 13.6. The topological polar surface area (TPSA) is 107 Å². The second-order valence-electron chi connectivity index (χ2n) is 5.61. The molecule has 0 aromatic carbocycles. The number of nitrogens with one attached hydrogen (secondary N) is 1. The summed E-state index contributed by atoms with van der Waals surface area (Å²) in [5, 5.41) is 2.88. The Morgan fingerprint density at radius 2 is 2.08 bits per heavy atom. The molecule has 8 nitrogen and oxygen atoms in total. The van der Waals surface area contributed by atoms with Gasteiger partial charge in [-0.2, -0.15) is 0 Å². The maximum absolute atomic E-state index is 12.3. The van der Waals surface area contributed by atoms with Gasteiger partial charge in [-0.3, -0.25) is 9.69 Å². The minimum Gasteiger partial charge on any atom is -0.465 e. The molecule has 3 N–H and O–H groups in total. The van der Waals surface area contributed by atoms with Crippen molar-refractivity contribution in [2.24, 2.45) is 0 Å². The predicted octanol–water partition coefficient (Wildman–Crippen LogP) is 0.764. The van der Waals surface area contributed by atoms with E-state index in [1.54, 1.807) is 0 Å². The van der Waals surface area contributed by atoms with E-state index in [9.17, 15) is 4.79 Å². The summed E-state index contributed by atoms with van der Waals surface area (Å²) >= 11 is 0. The number of hydrogen-bond acceptors (Lipinski definition) is 7. The third-order valence-corrected chi connectivity index (χ3v) is 3.97. The van der Waals surface area contributed by atoms with E-state index in [0.29, 0.717) is 19.8 Å². The Bertz CT molecular complexity index is 697. The van der Waals surface area contributed by atoms with Crippen molar-refractivity contribution in [3.8, 4) is 0 Å². The van der Waals surface area contributed by atoms with Gasteiger partial charge in [0.2, 0.25) is 0 Å². The fraction of sp³-hybridized carbons (Fsp3) is 0.438. The van der Waals surface area contributed by atoms with Crippen LogP contribution in [-0.2, 0) is 4.74 Å². The lowest BCUT2D eigenvalue weighted by atomic mass is 10.1. The van der Waals surface area contributed by atoms with Crippen LogP contribution in [0.25, 0.3) is 0 Å². The fourth-order valence-corrected chi connectivity index (χ4v) is 2.73.